The average molecular weight is 335 g/mol. The number of fused-ring (bicyclic) bond motifs is 1. The van der Waals surface area contributed by atoms with E-state index in [1.807, 2.05) is 0 Å². The molecule has 3 rings (SSSR count). The van der Waals surface area contributed by atoms with Crippen LogP contribution >= 0.6 is 0 Å². The molecule has 0 heterocycles. The average Bonchev–Trinajstić information content (AvgIpc) is 2.93. The van der Waals surface area contributed by atoms with E-state index in [1.54, 1.807) is 6.07 Å². The quantitative estimate of drug-likeness (QED) is 0.900. The van der Waals surface area contributed by atoms with Gasteiger partial charge in [0.2, 0.25) is 0 Å². The molecule has 5 nitrogen and oxygen atoms in total. The maximum absolute atomic E-state index is 12.9. The van der Waals surface area contributed by atoms with Gasteiger partial charge >= 0.3 is 5.97 Å². The number of hydrogen-bond donors (Lipinski definition) is 2. The highest BCUT2D eigenvalue weighted by molar-refractivity contribution is 7.92. The van der Waals surface area contributed by atoms with Crippen LogP contribution in [0.25, 0.3) is 0 Å². The van der Waals surface area contributed by atoms with Gasteiger partial charge in [-0.05, 0) is 66.8 Å². The van der Waals surface area contributed by atoms with Crippen molar-refractivity contribution in [3.63, 3.8) is 0 Å². The lowest BCUT2D eigenvalue weighted by molar-refractivity contribution is 0.0698. The molecular weight excluding hydrogens is 321 g/mol. The number of aryl methyl sites for hydroxylation is 2. The van der Waals surface area contributed by atoms with Crippen LogP contribution in [0, 0.1) is 5.82 Å². The number of nitrogens with one attached hydrogen (secondary N) is 1. The minimum absolute atomic E-state index is 0.0301. The van der Waals surface area contributed by atoms with E-state index in [1.165, 1.54) is 6.07 Å². The highest BCUT2D eigenvalue weighted by Crippen LogP contribution is 2.30. The lowest BCUT2D eigenvalue weighted by Crippen LogP contribution is -2.16. The van der Waals surface area contributed by atoms with E-state index in [0.29, 0.717) is 0 Å². The molecule has 2 aromatic rings. The Morgan fingerprint density at radius 3 is 2.30 bits per heavy atom. The van der Waals surface area contributed by atoms with Gasteiger partial charge in [-0.25, -0.2) is 17.6 Å². The molecule has 0 aromatic heterocycles. The molecule has 0 radical (unpaired) electrons. The van der Waals surface area contributed by atoms with Gasteiger partial charge in [0.05, 0.1) is 16.1 Å². The van der Waals surface area contributed by atoms with Gasteiger partial charge in [-0.3, -0.25) is 4.72 Å². The van der Waals surface area contributed by atoms with Crippen molar-refractivity contribution in [3.05, 3.63) is 58.9 Å². The highest BCUT2D eigenvalue weighted by atomic mass is 32.2. The summed E-state index contributed by atoms with van der Waals surface area (Å²) in [5, 5.41) is 9.32. The second-order valence-corrected chi connectivity index (χ2v) is 7.07. The highest BCUT2D eigenvalue weighted by Gasteiger charge is 2.22. The van der Waals surface area contributed by atoms with Crippen molar-refractivity contribution in [3.8, 4) is 0 Å². The Morgan fingerprint density at radius 1 is 1.09 bits per heavy atom. The monoisotopic (exact) mass is 335 g/mol. The van der Waals surface area contributed by atoms with Crippen LogP contribution < -0.4 is 4.72 Å². The number of benzene rings is 2. The molecule has 0 unspecified atom stereocenters. The van der Waals surface area contributed by atoms with Crippen LogP contribution in [0.15, 0.2) is 41.3 Å². The van der Waals surface area contributed by atoms with Crippen LogP contribution in [-0.2, 0) is 22.9 Å². The largest absolute Gasteiger partial charge is 0.478 e. The molecule has 0 aliphatic heterocycles. The van der Waals surface area contributed by atoms with Gasteiger partial charge < -0.3 is 5.11 Å². The van der Waals surface area contributed by atoms with E-state index < -0.39 is 21.8 Å². The van der Waals surface area contributed by atoms with Crippen LogP contribution in [0.2, 0.25) is 0 Å². The van der Waals surface area contributed by atoms with Crippen LogP contribution in [0.4, 0.5) is 10.1 Å². The number of anilines is 1. The lowest BCUT2D eigenvalue weighted by atomic mass is 10.0. The van der Waals surface area contributed by atoms with Crippen molar-refractivity contribution in [2.75, 3.05) is 4.72 Å². The van der Waals surface area contributed by atoms with Gasteiger partial charge in [0.1, 0.15) is 5.82 Å². The Balaban J connectivity index is 2.02. The lowest BCUT2D eigenvalue weighted by Gasteiger charge is -2.13. The number of carboxylic acid groups (broad SMARTS) is 1. The van der Waals surface area contributed by atoms with Gasteiger partial charge in [0, 0.05) is 0 Å². The van der Waals surface area contributed by atoms with E-state index in [4.69, 9.17) is 0 Å². The third-order valence-electron chi connectivity index (χ3n) is 3.83. The first kappa shape index (κ1) is 15.5. The molecule has 7 heteroatoms. The molecule has 1 aliphatic rings. The second kappa shape index (κ2) is 5.66. The molecule has 2 N–H and O–H groups in total. The molecule has 0 bridgehead atoms. The minimum atomic E-state index is -3.98. The van der Waals surface area contributed by atoms with Crippen LogP contribution in [-0.4, -0.2) is 19.5 Å². The summed E-state index contributed by atoms with van der Waals surface area (Å²) in [5.41, 5.74) is 1.83. The fraction of sp³-hybridized carbons (Fsp3) is 0.188. The molecule has 0 amide bonds. The zero-order valence-electron chi connectivity index (χ0n) is 12.0. The zero-order chi connectivity index (χ0) is 16.6. The van der Waals surface area contributed by atoms with Gasteiger partial charge in [-0.1, -0.05) is 0 Å². The first-order valence-corrected chi connectivity index (χ1v) is 8.52. The number of rotatable bonds is 4. The molecule has 0 fully saturated rings. The summed E-state index contributed by atoms with van der Waals surface area (Å²) in [4.78, 5) is 11.3. The Bertz CT molecular complexity index is 876. The number of aromatic carboxylic acids is 1. The predicted molar refractivity (Wildman–Crippen MR) is 82.6 cm³/mol. The third-order valence-corrected chi connectivity index (χ3v) is 5.21. The summed E-state index contributed by atoms with van der Waals surface area (Å²) in [6.45, 7) is 0. The fourth-order valence-electron chi connectivity index (χ4n) is 2.70. The predicted octanol–water partition coefficient (Wildman–Crippen LogP) is 2.81. The van der Waals surface area contributed by atoms with Crippen molar-refractivity contribution in [1.29, 1.82) is 0 Å². The molecular formula is C16H14FNO4S. The van der Waals surface area contributed by atoms with Crippen molar-refractivity contribution in [2.45, 2.75) is 24.2 Å². The second-order valence-electron chi connectivity index (χ2n) is 5.38. The van der Waals surface area contributed by atoms with E-state index in [2.05, 4.69) is 4.72 Å². The summed E-state index contributed by atoms with van der Waals surface area (Å²) < 4.78 is 40.0. The Morgan fingerprint density at radius 2 is 1.70 bits per heavy atom. The van der Waals surface area contributed by atoms with E-state index >= 15 is 0 Å². The van der Waals surface area contributed by atoms with Crippen LogP contribution in [0.3, 0.4) is 0 Å². The minimum Gasteiger partial charge on any atom is -0.478 e. The molecule has 0 atom stereocenters. The summed E-state index contributed by atoms with van der Waals surface area (Å²) in [5.74, 6) is -1.75. The zero-order valence-corrected chi connectivity index (χ0v) is 12.9. The Kier molecular flexibility index (Phi) is 3.81. The van der Waals surface area contributed by atoms with E-state index in [-0.39, 0.29) is 16.1 Å². The first-order chi connectivity index (χ1) is 10.9. The van der Waals surface area contributed by atoms with Gasteiger partial charge in [0.25, 0.3) is 10.0 Å². The summed E-state index contributed by atoms with van der Waals surface area (Å²) in [6, 6.07) is 7.43. The molecule has 0 saturated carbocycles. The van der Waals surface area contributed by atoms with Gasteiger partial charge in [-0.2, -0.15) is 0 Å². The van der Waals surface area contributed by atoms with Gasteiger partial charge in [0.15, 0.2) is 0 Å². The molecule has 1 aliphatic carbocycles. The molecule has 0 spiro atoms. The maximum Gasteiger partial charge on any atom is 0.337 e. The third kappa shape index (κ3) is 3.05. The van der Waals surface area contributed by atoms with Gasteiger partial charge in [-0.15, -0.1) is 0 Å². The Hall–Kier alpha value is -2.41. The maximum atomic E-state index is 12.9. The van der Waals surface area contributed by atoms with E-state index in [9.17, 15) is 22.7 Å². The Labute approximate surface area is 132 Å². The molecule has 23 heavy (non-hydrogen) atoms. The van der Waals surface area contributed by atoms with Crippen molar-refractivity contribution < 1.29 is 22.7 Å². The van der Waals surface area contributed by atoms with Crippen molar-refractivity contribution in [2.24, 2.45) is 0 Å². The summed E-state index contributed by atoms with van der Waals surface area (Å²) >= 11 is 0. The van der Waals surface area contributed by atoms with Crippen LogP contribution in [0.1, 0.15) is 27.9 Å². The van der Waals surface area contributed by atoms with Crippen molar-refractivity contribution in [1.82, 2.24) is 0 Å². The number of hydrogen-bond acceptors (Lipinski definition) is 3. The molecule has 2 aromatic carbocycles. The van der Waals surface area contributed by atoms with Crippen molar-refractivity contribution >= 4 is 21.7 Å². The topological polar surface area (TPSA) is 83.5 Å². The smallest absolute Gasteiger partial charge is 0.337 e. The standard InChI is InChI=1S/C16H14FNO4S/c17-12-4-6-13(7-5-12)23(21,22)18-15-9-11-3-1-2-10(11)8-14(15)16(19)20/h4-9,18H,1-3H2,(H,19,20). The number of carboxylic acids is 1. The molecule has 120 valence electrons. The summed E-state index contributed by atoms with van der Waals surface area (Å²) in [6.07, 6.45) is 2.50. The summed E-state index contributed by atoms with van der Waals surface area (Å²) in [7, 11) is -3.98. The molecule has 0 saturated heterocycles. The first-order valence-electron chi connectivity index (χ1n) is 7.04. The van der Waals surface area contributed by atoms with Crippen LogP contribution in [0.5, 0.6) is 0 Å². The van der Waals surface area contributed by atoms with E-state index in [0.717, 1.165) is 54.7 Å². The number of sulfonamides is 1. The number of carbonyl (C=O) groups is 1. The number of halogens is 1. The SMILES string of the molecule is O=C(O)c1cc2c(cc1NS(=O)(=O)c1ccc(F)cc1)CCC2. The fourth-order valence-corrected chi connectivity index (χ4v) is 3.77. The normalized spacial score (nSPS) is 13.6.